The molecule has 1 aromatic carbocycles. The molecule has 5 nitrogen and oxygen atoms in total. The number of carbonyl (C=O) groups excluding carboxylic acids is 1. The van der Waals surface area contributed by atoms with Crippen molar-refractivity contribution in [1.82, 2.24) is 5.32 Å². The van der Waals surface area contributed by atoms with Crippen molar-refractivity contribution in [2.24, 2.45) is 0 Å². The summed E-state index contributed by atoms with van der Waals surface area (Å²) in [4.78, 5) is 12.4. The number of nitrogens with one attached hydrogen (secondary N) is 1. The molecule has 3 N–H and O–H groups in total. The van der Waals surface area contributed by atoms with E-state index in [0.29, 0.717) is 21.4 Å². The molecule has 7 heteroatoms. The number of furan rings is 1. The Balaban J connectivity index is 2.02. The molecule has 0 fully saturated rings. The Labute approximate surface area is 129 Å². The number of carbonyl (C=O) groups is 1. The standard InChI is InChI=1S/C14H15ClN2O3S/c1-9(14(18)17-8-11-3-2-6-20-11)21(19)13-5-4-10(15)7-12(13)16/h2-7,9H,8,16H2,1H3,(H,17,18). The molecule has 0 bridgehead atoms. The zero-order valence-corrected chi connectivity index (χ0v) is 12.9. The van der Waals surface area contributed by atoms with E-state index in [0.717, 1.165) is 0 Å². The van der Waals surface area contributed by atoms with Gasteiger partial charge in [0.05, 0.1) is 28.5 Å². The van der Waals surface area contributed by atoms with Gasteiger partial charge in [-0.25, -0.2) is 0 Å². The molecule has 0 radical (unpaired) electrons. The molecule has 0 saturated carbocycles. The third kappa shape index (κ3) is 3.86. The fourth-order valence-electron chi connectivity index (χ4n) is 1.72. The van der Waals surface area contributed by atoms with Gasteiger partial charge in [-0.1, -0.05) is 11.6 Å². The van der Waals surface area contributed by atoms with Crippen LogP contribution in [0.4, 0.5) is 5.69 Å². The molecular formula is C14H15ClN2O3S. The van der Waals surface area contributed by atoms with Gasteiger partial charge in [0.2, 0.25) is 5.91 Å². The van der Waals surface area contributed by atoms with Crippen molar-refractivity contribution >= 4 is 34.0 Å². The number of rotatable bonds is 5. The van der Waals surface area contributed by atoms with Crippen LogP contribution in [0.2, 0.25) is 5.02 Å². The lowest BCUT2D eigenvalue weighted by Gasteiger charge is -2.13. The van der Waals surface area contributed by atoms with E-state index in [-0.39, 0.29) is 12.5 Å². The molecule has 0 aliphatic heterocycles. The fourth-order valence-corrected chi connectivity index (χ4v) is 3.05. The van der Waals surface area contributed by atoms with Crippen molar-refractivity contribution in [3.05, 3.63) is 47.4 Å². The molecule has 0 saturated heterocycles. The first-order valence-electron chi connectivity index (χ1n) is 6.24. The Hall–Kier alpha value is -1.79. The second-order valence-electron chi connectivity index (χ2n) is 4.42. The highest BCUT2D eigenvalue weighted by Crippen LogP contribution is 2.23. The normalized spacial score (nSPS) is 13.6. The Morgan fingerprint density at radius 1 is 1.48 bits per heavy atom. The summed E-state index contributed by atoms with van der Waals surface area (Å²) in [5, 5.41) is 2.40. The lowest BCUT2D eigenvalue weighted by Crippen LogP contribution is -2.35. The van der Waals surface area contributed by atoms with Crippen molar-refractivity contribution in [3.8, 4) is 0 Å². The van der Waals surface area contributed by atoms with Crippen LogP contribution in [0.15, 0.2) is 45.9 Å². The average Bonchev–Trinajstić information content (AvgIpc) is 2.96. The molecule has 2 aromatic rings. The van der Waals surface area contributed by atoms with E-state index in [9.17, 15) is 9.00 Å². The number of nitrogens with two attached hydrogens (primary N) is 1. The molecular weight excluding hydrogens is 312 g/mol. The van der Waals surface area contributed by atoms with Crippen LogP contribution in [0.5, 0.6) is 0 Å². The van der Waals surface area contributed by atoms with Gasteiger partial charge >= 0.3 is 0 Å². The highest BCUT2D eigenvalue weighted by atomic mass is 35.5. The predicted octanol–water partition coefficient (Wildman–Crippen LogP) is 2.33. The van der Waals surface area contributed by atoms with Crippen molar-refractivity contribution in [2.45, 2.75) is 23.6 Å². The van der Waals surface area contributed by atoms with Crippen molar-refractivity contribution < 1.29 is 13.4 Å². The number of halogens is 1. The fraction of sp³-hybridized carbons (Fsp3) is 0.214. The summed E-state index contributed by atoms with van der Waals surface area (Å²) in [6, 6.07) is 8.17. The van der Waals surface area contributed by atoms with E-state index in [4.69, 9.17) is 21.8 Å². The zero-order chi connectivity index (χ0) is 15.4. The van der Waals surface area contributed by atoms with Crippen LogP contribution in [0.1, 0.15) is 12.7 Å². The van der Waals surface area contributed by atoms with Crippen LogP contribution in [-0.2, 0) is 22.1 Å². The first-order chi connectivity index (χ1) is 9.99. The second kappa shape index (κ2) is 6.78. The highest BCUT2D eigenvalue weighted by molar-refractivity contribution is 7.86. The highest BCUT2D eigenvalue weighted by Gasteiger charge is 2.23. The minimum absolute atomic E-state index is 0.253. The first-order valence-corrected chi connectivity index (χ1v) is 7.84. The minimum atomic E-state index is -1.55. The van der Waals surface area contributed by atoms with Crippen LogP contribution in [0.25, 0.3) is 0 Å². The Bertz CT molecular complexity index is 658. The molecule has 0 aliphatic rings. The number of hydrogen-bond acceptors (Lipinski definition) is 4. The van der Waals surface area contributed by atoms with Gasteiger partial charge in [-0.15, -0.1) is 0 Å². The van der Waals surface area contributed by atoms with Gasteiger partial charge in [0, 0.05) is 10.7 Å². The Kier molecular flexibility index (Phi) is 5.03. The van der Waals surface area contributed by atoms with E-state index in [1.807, 2.05) is 0 Å². The first kappa shape index (κ1) is 15.6. The predicted molar refractivity (Wildman–Crippen MR) is 82.3 cm³/mol. The Morgan fingerprint density at radius 3 is 2.86 bits per heavy atom. The van der Waals surface area contributed by atoms with Gasteiger partial charge in [0.15, 0.2) is 0 Å². The molecule has 2 atom stereocenters. The van der Waals surface area contributed by atoms with Crippen LogP contribution < -0.4 is 11.1 Å². The second-order valence-corrected chi connectivity index (χ2v) is 6.60. The minimum Gasteiger partial charge on any atom is -0.467 e. The van der Waals surface area contributed by atoms with E-state index in [1.54, 1.807) is 31.2 Å². The summed E-state index contributed by atoms with van der Waals surface area (Å²) < 4.78 is 17.5. The van der Waals surface area contributed by atoms with E-state index < -0.39 is 16.0 Å². The average molecular weight is 327 g/mol. The van der Waals surface area contributed by atoms with Crippen molar-refractivity contribution in [1.29, 1.82) is 0 Å². The summed E-state index contributed by atoms with van der Waals surface area (Å²) in [5.74, 6) is 0.298. The van der Waals surface area contributed by atoms with Gasteiger partial charge in [0.25, 0.3) is 0 Å². The molecule has 0 spiro atoms. The lowest BCUT2D eigenvalue weighted by molar-refractivity contribution is -0.120. The quantitative estimate of drug-likeness (QED) is 0.826. The van der Waals surface area contributed by atoms with Gasteiger partial charge in [-0.05, 0) is 37.3 Å². The van der Waals surface area contributed by atoms with Gasteiger partial charge in [0.1, 0.15) is 11.0 Å². The molecule has 1 heterocycles. The monoisotopic (exact) mass is 326 g/mol. The molecule has 2 unspecified atom stereocenters. The van der Waals surface area contributed by atoms with E-state index >= 15 is 0 Å². The molecule has 21 heavy (non-hydrogen) atoms. The summed E-state index contributed by atoms with van der Waals surface area (Å²) in [6.07, 6.45) is 1.53. The van der Waals surface area contributed by atoms with E-state index in [2.05, 4.69) is 5.32 Å². The molecule has 112 valence electrons. The Morgan fingerprint density at radius 2 is 2.24 bits per heavy atom. The third-order valence-electron chi connectivity index (χ3n) is 2.90. The zero-order valence-electron chi connectivity index (χ0n) is 11.3. The molecule has 1 amide bonds. The van der Waals surface area contributed by atoms with E-state index in [1.165, 1.54) is 12.3 Å². The number of anilines is 1. The lowest BCUT2D eigenvalue weighted by atomic mass is 10.3. The van der Waals surface area contributed by atoms with Crippen LogP contribution in [0, 0.1) is 0 Å². The van der Waals surface area contributed by atoms with Crippen LogP contribution in [-0.4, -0.2) is 15.4 Å². The smallest absolute Gasteiger partial charge is 0.236 e. The molecule has 2 rings (SSSR count). The summed E-state index contributed by atoms with van der Waals surface area (Å²) in [5.41, 5.74) is 6.10. The molecule has 1 aromatic heterocycles. The summed E-state index contributed by atoms with van der Waals surface area (Å²) in [7, 11) is -1.55. The SMILES string of the molecule is CC(C(=O)NCc1ccco1)S(=O)c1ccc(Cl)cc1N. The number of amides is 1. The van der Waals surface area contributed by atoms with Crippen molar-refractivity contribution in [2.75, 3.05) is 5.73 Å². The maximum absolute atomic E-state index is 12.4. The van der Waals surface area contributed by atoms with Crippen LogP contribution in [0.3, 0.4) is 0 Å². The van der Waals surface area contributed by atoms with Crippen molar-refractivity contribution in [3.63, 3.8) is 0 Å². The maximum Gasteiger partial charge on any atom is 0.236 e. The van der Waals surface area contributed by atoms with Gasteiger partial charge in [-0.3, -0.25) is 9.00 Å². The summed E-state index contributed by atoms with van der Waals surface area (Å²) in [6.45, 7) is 1.84. The topological polar surface area (TPSA) is 85.3 Å². The largest absolute Gasteiger partial charge is 0.467 e. The van der Waals surface area contributed by atoms with Gasteiger partial charge < -0.3 is 15.5 Å². The van der Waals surface area contributed by atoms with Gasteiger partial charge in [-0.2, -0.15) is 0 Å². The summed E-state index contributed by atoms with van der Waals surface area (Å²) >= 11 is 5.80. The number of benzene rings is 1. The van der Waals surface area contributed by atoms with Crippen LogP contribution >= 0.6 is 11.6 Å². The third-order valence-corrected chi connectivity index (χ3v) is 4.79. The number of hydrogen-bond donors (Lipinski definition) is 2. The molecule has 0 aliphatic carbocycles. The number of nitrogen functional groups attached to an aromatic ring is 1. The maximum atomic E-state index is 12.4.